The summed E-state index contributed by atoms with van der Waals surface area (Å²) in [7, 11) is 1.74. The first-order chi connectivity index (χ1) is 9.20. The van der Waals surface area contributed by atoms with E-state index >= 15 is 0 Å². The van der Waals surface area contributed by atoms with E-state index in [0.29, 0.717) is 17.7 Å². The molecule has 0 radical (unpaired) electrons. The summed E-state index contributed by atoms with van der Waals surface area (Å²) in [6, 6.07) is 12.5. The Morgan fingerprint density at radius 3 is 2.74 bits per heavy atom. The van der Waals surface area contributed by atoms with E-state index in [9.17, 15) is 4.79 Å². The summed E-state index contributed by atoms with van der Waals surface area (Å²) >= 11 is 0. The van der Waals surface area contributed by atoms with Crippen LogP contribution in [0.25, 0.3) is 0 Å². The number of hydrogen-bond donors (Lipinski definition) is 0. The van der Waals surface area contributed by atoms with Gasteiger partial charge in [-0.1, -0.05) is 6.07 Å². The van der Waals surface area contributed by atoms with E-state index in [-0.39, 0.29) is 5.91 Å². The van der Waals surface area contributed by atoms with Crippen LogP contribution < -0.4 is 0 Å². The summed E-state index contributed by atoms with van der Waals surface area (Å²) in [4.78, 5) is 17.8. The normalized spacial score (nSPS) is 9.68. The van der Waals surface area contributed by atoms with Crippen LogP contribution in [-0.2, 0) is 6.54 Å². The zero-order valence-electron chi connectivity index (χ0n) is 10.6. The van der Waals surface area contributed by atoms with Crippen LogP contribution >= 0.6 is 0 Å². The summed E-state index contributed by atoms with van der Waals surface area (Å²) in [5.74, 6) is -0.103. The lowest BCUT2D eigenvalue weighted by atomic mass is 10.1. The maximum atomic E-state index is 12.2. The SMILES string of the molecule is CN(Cc1ccncc1)C(=O)c1cccc(C#N)c1. The van der Waals surface area contributed by atoms with Gasteiger partial charge in [0.15, 0.2) is 0 Å². The fraction of sp³-hybridized carbons (Fsp3) is 0.133. The molecular weight excluding hydrogens is 238 g/mol. The number of nitrogens with zero attached hydrogens (tertiary/aromatic N) is 3. The summed E-state index contributed by atoms with van der Waals surface area (Å²) < 4.78 is 0. The molecule has 0 aliphatic rings. The Morgan fingerprint density at radius 2 is 2.05 bits per heavy atom. The number of benzene rings is 1. The molecule has 0 bridgehead atoms. The van der Waals surface area contributed by atoms with Gasteiger partial charge < -0.3 is 4.90 Å². The highest BCUT2D eigenvalue weighted by Gasteiger charge is 2.12. The van der Waals surface area contributed by atoms with Crippen molar-refractivity contribution in [2.45, 2.75) is 6.54 Å². The van der Waals surface area contributed by atoms with Crippen molar-refractivity contribution in [2.24, 2.45) is 0 Å². The Labute approximate surface area is 111 Å². The molecule has 0 N–H and O–H groups in total. The quantitative estimate of drug-likeness (QED) is 0.840. The van der Waals surface area contributed by atoms with Gasteiger partial charge in [-0.15, -0.1) is 0 Å². The van der Waals surface area contributed by atoms with Gasteiger partial charge in [-0.2, -0.15) is 5.26 Å². The Balaban J connectivity index is 2.13. The molecule has 0 spiro atoms. The Kier molecular flexibility index (Phi) is 3.89. The Bertz CT molecular complexity index is 617. The predicted octanol–water partition coefficient (Wildman–Crippen LogP) is 2.23. The molecule has 2 aromatic rings. The van der Waals surface area contributed by atoms with Crippen molar-refractivity contribution in [3.05, 3.63) is 65.5 Å². The monoisotopic (exact) mass is 251 g/mol. The third-order valence-corrected chi connectivity index (χ3v) is 2.75. The van der Waals surface area contributed by atoms with Gasteiger partial charge in [-0.05, 0) is 35.9 Å². The number of carbonyl (C=O) groups is 1. The molecule has 0 atom stereocenters. The lowest BCUT2D eigenvalue weighted by Gasteiger charge is -2.17. The van der Waals surface area contributed by atoms with Gasteiger partial charge in [0.1, 0.15) is 0 Å². The lowest BCUT2D eigenvalue weighted by Crippen LogP contribution is -2.26. The molecule has 0 saturated carbocycles. The molecular formula is C15H13N3O. The maximum Gasteiger partial charge on any atom is 0.253 e. The van der Waals surface area contributed by atoms with Gasteiger partial charge >= 0.3 is 0 Å². The van der Waals surface area contributed by atoms with Crippen molar-refractivity contribution >= 4 is 5.91 Å². The van der Waals surface area contributed by atoms with Crippen molar-refractivity contribution in [3.8, 4) is 6.07 Å². The van der Waals surface area contributed by atoms with Crippen LogP contribution in [0.5, 0.6) is 0 Å². The highest BCUT2D eigenvalue weighted by molar-refractivity contribution is 5.94. The van der Waals surface area contributed by atoms with Crippen molar-refractivity contribution in [2.75, 3.05) is 7.05 Å². The molecule has 0 unspecified atom stereocenters. The largest absolute Gasteiger partial charge is 0.337 e. The van der Waals surface area contributed by atoms with E-state index in [1.165, 1.54) is 0 Å². The molecule has 1 heterocycles. The third-order valence-electron chi connectivity index (χ3n) is 2.75. The topological polar surface area (TPSA) is 57.0 Å². The molecule has 1 amide bonds. The number of nitriles is 1. The second kappa shape index (κ2) is 5.78. The minimum atomic E-state index is -0.103. The van der Waals surface area contributed by atoms with Crippen LogP contribution in [0, 0.1) is 11.3 Å². The molecule has 4 heteroatoms. The van der Waals surface area contributed by atoms with Crippen LogP contribution in [0.2, 0.25) is 0 Å². The number of pyridine rings is 1. The van der Waals surface area contributed by atoms with Crippen LogP contribution in [0.4, 0.5) is 0 Å². The van der Waals surface area contributed by atoms with Crippen molar-refractivity contribution < 1.29 is 4.79 Å². The molecule has 0 saturated heterocycles. The highest BCUT2D eigenvalue weighted by Crippen LogP contribution is 2.09. The minimum absolute atomic E-state index is 0.103. The smallest absolute Gasteiger partial charge is 0.253 e. The van der Waals surface area contributed by atoms with Gasteiger partial charge in [-0.25, -0.2) is 0 Å². The lowest BCUT2D eigenvalue weighted by molar-refractivity contribution is 0.0785. The van der Waals surface area contributed by atoms with Gasteiger partial charge in [0.05, 0.1) is 11.6 Å². The minimum Gasteiger partial charge on any atom is -0.337 e. The molecule has 19 heavy (non-hydrogen) atoms. The fourth-order valence-corrected chi connectivity index (χ4v) is 1.78. The molecule has 4 nitrogen and oxygen atoms in total. The summed E-state index contributed by atoms with van der Waals surface area (Å²) in [6.45, 7) is 0.512. The molecule has 0 aliphatic carbocycles. The van der Waals surface area contributed by atoms with Gasteiger partial charge in [0, 0.05) is 31.5 Å². The van der Waals surface area contributed by atoms with Gasteiger partial charge in [0.25, 0.3) is 5.91 Å². The van der Waals surface area contributed by atoms with E-state index in [1.807, 2.05) is 18.2 Å². The highest BCUT2D eigenvalue weighted by atomic mass is 16.2. The molecule has 1 aromatic carbocycles. The van der Waals surface area contributed by atoms with Crippen LogP contribution in [-0.4, -0.2) is 22.8 Å². The van der Waals surface area contributed by atoms with Crippen LogP contribution in [0.15, 0.2) is 48.8 Å². The van der Waals surface area contributed by atoms with E-state index in [2.05, 4.69) is 4.98 Å². The first-order valence-corrected chi connectivity index (χ1v) is 5.85. The molecule has 0 aliphatic heterocycles. The number of hydrogen-bond acceptors (Lipinski definition) is 3. The Morgan fingerprint density at radius 1 is 1.32 bits per heavy atom. The fourth-order valence-electron chi connectivity index (χ4n) is 1.78. The van der Waals surface area contributed by atoms with Crippen molar-refractivity contribution in [3.63, 3.8) is 0 Å². The standard InChI is InChI=1S/C15H13N3O/c1-18(11-12-5-7-17-8-6-12)15(19)14-4-2-3-13(9-14)10-16/h2-9H,11H2,1H3. The first-order valence-electron chi connectivity index (χ1n) is 5.85. The number of carbonyl (C=O) groups excluding carboxylic acids is 1. The molecule has 2 rings (SSSR count). The van der Waals surface area contributed by atoms with Crippen LogP contribution in [0.1, 0.15) is 21.5 Å². The number of amides is 1. The summed E-state index contributed by atoms with van der Waals surface area (Å²) in [5, 5.41) is 8.84. The van der Waals surface area contributed by atoms with E-state index in [1.54, 1.807) is 48.6 Å². The average molecular weight is 251 g/mol. The Hall–Kier alpha value is -2.67. The number of aromatic nitrogens is 1. The van der Waals surface area contributed by atoms with Crippen molar-refractivity contribution in [1.82, 2.24) is 9.88 Å². The van der Waals surface area contributed by atoms with Crippen LogP contribution in [0.3, 0.4) is 0 Å². The molecule has 0 fully saturated rings. The van der Waals surface area contributed by atoms with E-state index in [0.717, 1.165) is 5.56 Å². The predicted molar refractivity (Wildman–Crippen MR) is 71.2 cm³/mol. The maximum absolute atomic E-state index is 12.2. The summed E-state index contributed by atoms with van der Waals surface area (Å²) in [5.41, 5.74) is 2.03. The second-order valence-electron chi connectivity index (χ2n) is 4.21. The van der Waals surface area contributed by atoms with Gasteiger partial charge in [-0.3, -0.25) is 9.78 Å². The zero-order valence-corrected chi connectivity index (χ0v) is 10.6. The zero-order chi connectivity index (χ0) is 13.7. The van der Waals surface area contributed by atoms with E-state index in [4.69, 9.17) is 5.26 Å². The summed E-state index contributed by atoms with van der Waals surface area (Å²) in [6.07, 6.45) is 3.40. The second-order valence-corrected chi connectivity index (χ2v) is 4.21. The van der Waals surface area contributed by atoms with Gasteiger partial charge in [0.2, 0.25) is 0 Å². The van der Waals surface area contributed by atoms with E-state index < -0.39 is 0 Å². The number of rotatable bonds is 3. The molecule has 94 valence electrons. The average Bonchev–Trinajstić information content (AvgIpc) is 2.47. The van der Waals surface area contributed by atoms with Crippen molar-refractivity contribution in [1.29, 1.82) is 5.26 Å². The third kappa shape index (κ3) is 3.17. The first kappa shape index (κ1) is 12.8. The molecule has 1 aromatic heterocycles.